The quantitative estimate of drug-likeness (QED) is 0.862. The minimum Gasteiger partial charge on any atom is -0.395 e. The highest BCUT2D eigenvalue weighted by Gasteiger charge is 2.24. The molecule has 1 atom stereocenters. The van der Waals surface area contributed by atoms with Crippen molar-refractivity contribution in [3.63, 3.8) is 0 Å². The third kappa shape index (κ3) is 3.25. The molecule has 1 saturated carbocycles. The second kappa shape index (κ2) is 6.35. The summed E-state index contributed by atoms with van der Waals surface area (Å²) in [5, 5.41) is 18.7. The summed E-state index contributed by atoms with van der Waals surface area (Å²) in [6, 6.07) is 5.17. The fourth-order valence-corrected chi connectivity index (χ4v) is 2.84. The zero-order chi connectivity index (χ0) is 13.8. The SMILES string of the molecule is C[C@H](O)c1ccc(N(CCO)C2CCCC2)c(F)c1. The van der Waals surface area contributed by atoms with Gasteiger partial charge in [-0.15, -0.1) is 0 Å². The summed E-state index contributed by atoms with van der Waals surface area (Å²) in [6.45, 7) is 2.10. The van der Waals surface area contributed by atoms with Crippen LogP contribution in [0.1, 0.15) is 44.3 Å². The molecule has 1 aromatic rings. The van der Waals surface area contributed by atoms with Gasteiger partial charge < -0.3 is 15.1 Å². The summed E-state index contributed by atoms with van der Waals surface area (Å²) in [5.74, 6) is -0.321. The van der Waals surface area contributed by atoms with E-state index >= 15 is 0 Å². The Morgan fingerprint density at radius 1 is 1.37 bits per heavy atom. The number of halogens is 1. The van der Waals surface area contributed by atoms with E-state index in [9.17, 15) is 14.6 Å². The molecule has 0 saturated heterocycles. The van der Waals surface area contributed by atoms with Crippen LogP contribution in [0.5, 0.6) is 0 Å². The lowest BCUT2D eigenvalue weighted by atomic mass is 10.1. The van der Waals surface area contributed by atoms with Crippen LogP contribution in [0, 0.1) is 5.82 Å². The van der Waals surface area contributed by atoms with Crippen molar-refractivity contribution in [2.24, 2.45) is 0 Å². The monoisotopic (exact) mass is 267 g/mol. The van der Waals surface area contributed by atoms with E-state index in [-0.39, 0.29) is 12.4 Å². The maximum absolute atomic E-state index is 14.2. The molecular formula is C15H22FNO2. The number of nitrogens with zero attached hydrogens (tertiary/aromatic N) is 1. The van der Waals surface area contributed by atoms with E-state index in [0.717, 1.165) is 12.8 Å². The minimum atomic E-state index is -0.665. The highest BCUT2D eigenvalue weighted by molar-refractivity contribution is 5.50. The molecule has 19 heavy (non-hydrogen) atoms. The summed E-state index contributed by atoms with van der Waals surface area (Å²) in [5.41, 5.74) is 1.11. The lowest BCUT2D eigenvalue weighted by Gasteiger charge is -2.31. The maximum Gasteiger partial charge on any atom is 0.146 e. The Morgan fingerprint density at radius 3 is 2.58 bits per heavy atom. The van der Waals surface area contributed by atoms with Crippen molar-refractivity contribution in [1.29, 1.82) is 0 Å². The average molecular weight is 267 g/mol. The topological polar surface area (TPSA) is 43.7 Å². The first kappa shape index (κ1) is 14.3. The standard InChI is InChI=1S/C15H22FNO2/c1-11(19)12-6-7-15(14(16)10-12)17(8-9-18)13-4-2-3-5-13/h6-7,10-11,13,18-19H,2-5,8-9H2,1H3/t11-/m0/s1. The van der Waals surface area contributed by atoms with Crippen LogP contribution in [0.3, 0.4) is 0 Å². The lowest BCUT2D eigenvalue weighted by molar-refractivity contribution is 0.199. The van der Waals surface area contributed by atoms with Crippen LogP contribution < -0.4 is 4.90 Å². The Labute approximate surface area is 113 Å². The summed E-state index contributed by atoms with van der Waals surface area (Å²) in [7, 11) is 0. The maximum atomic E-state index is 14.2. The lowest BCUT2D eigenvalue weighted by Crippen LogP contribution is -2.36. The van der Waals surface area contributed by atoms with Crippen molar-refractivity contribution >= 4 is 5.69 Å². The molecule has 0 bridgehead atoms. The van der Waals surface area contributed by atoms with Crippen molar-refractivity contribution in [2.45, 2.75) is 44.8 Å². The van der Waals surface area contributed by atoms with Crippen molar-refractivity contribution in [1.82, 2.24) is 0 Å². The molecule has 0 spiro atoms. The number of hydrogen-bond donors (Lipinski definition) is 2. The highest BCUT2D eigenvalue weighted by Crippen LogP contribution is 2.30. The fourth-order valence-electron chi connectivity index (χ4n) is 2.84. The molecule has 0 heterocycles. The van der Waals surface area contributed by atoms with Gasteiger partial charge in [-0.2, -0.15) is 0 Å². The first-order chi connectivity index (χ1) is 9.13. The second-order valence-corrected chi connectivity index (χ2v) is 5.24. The van der Waals surface area contributed by atoms with E-state index < -0.39 is 6.10 Å². The van der Waals surface area contributed by atoms with Gasteiger partial charge in [-0.25, -0.2) is 4.39 Å². The Hall–Kier alpha value is -1.13. The molecule has 0 radical (unpaired) electrons. The van der Waals surface area contributed by atoms with Crippen LogP contribution in [0.25, 0.3) is 0 Å². The molecule has 0 aliphatic heterocycles. The van der Waals surface area contributed by atoms with Crippen molar-refractivity contribution < 1.29 is 14.6 Å². The van der Waals surface area contributed by atoms with E-state index in [4.69, 9.17) is 0 Å². The molecule has 0 aromatic heterocycles. The molecule has 2 rings (SSSR count). The van der Waals surface area contributed by atoms with Crippen LogP contribution in [0.4, 0.5) is 10.1 Å². The van der Waals surface area contributed by atoms with Crippen molar-refractivity contribution in [3.05, 3.63) is 29.6 Å². The predicted molar refractivity (Wildman–Crippen MR) is 73.7 cm³/mol. The molecule has 1 aliphatic carbocycles. The Kier molecular flexibility index (Phi) is 4.77. The molecule has 0 unspecified atom stereocenters. The van der Waals surface area contributed by atoms with Gasteiger partial charge in [-0.05, 0) is 37.5 Å². The van der Waals surface area contributed by atoms with Gasteiger partial charge in [0.15, 0.2) is 0 Å². The van der Waals surface area contributed by atoms with Gasteiger partial charge in [0.2, 0.25) is 0 Å². The molecule has 106 valence electrons. The van der Waals surface area contributed by atoms with E-state index in [1.807, 2.05) is 4.90 Å². The van der Waals surface area contributed by atoms with E-state index in [1.165, 1.54) is 18.9 Å². The number of rotatable bonds is 5. The first-order valence-electron chi connectivity index (χ1n) is 6.98. The number of anilines is 1. The largest absolute Gasteiger partial charge is 0.395 e. The molecule has 1 aliphatic rings. The normalized spacial score (nSPS) is 17.7. The first-order valence-corrected chi connectivity index (χ1v) is 6.98. The summed E-state index contributed by atoms with van der Waals surface area (Å²) >= 11 is 0. The number of aliphatic hydroxyl groups is 2. The van der Waals surface area contributed by atoms with Crippen LogP contribution in [0.2, 0.25) is 0 Å². The smallest absolute Gasteiger partial charge is 0.146 e. The highest BCUT2D eigenvalue weighted by atomic mass is 19.1. The van der Waals surface area contributed by atoms with Gasteiger partial charge >= 0.3 is 0 Å². The van der Waals surface area contributed by atoms with Crippen molar-refractivity contribution in [2.75, 3.05) is 18.1 Å². The summed E-state index contributed by atoms with van der Waals surface area (Å²) in [4.78, 5) is 1.97. The molecule has 4 heteroatoms. The molecule has 1 aromatic carbocycles. The van der Waals surface area contributed by atoms with Gasteiger partial charge in [-0.1, -0.05) is 18.9 Å². The molecule has 2 N–H and O–H groups in total. The van der Waals surface area contributed by atoms with Crippen LogP contribution in [-0.4, -0.2) is 29.4 Å². The van der Waals surface area contributed by atoms with Crippen molar-refractivity contribution in [3.8, 4) is 0 Å². The van der Waals surface area contributed by atoms with Crippen LogP contribution >= 0.6 is 0 Å². The van der Waals surface area contributed by atoms with Crippen LogP contribution in [-0.2, 0) is 0 Å². The number of aliphatic hydroxyl groups excluding tert-OH is 2. The van der Waals surface area contributed by atoms with Gasteiger partial charge in [-0.3, -0.25) is 0 Å². The molecule has 1 fully saturated rings. The Morgan fingerprint density at radius 2 is 2.05 bits per heavy atom. The fraction of sp³-hybridized carbons (Fsp3) is 0.600. The third-order valence-corrected chi connectivity index (χ3v) is 3.87. The number of benzene rings is 1. The van der Waals surface area contributed by atoms with Crippen LogP contribution in [0.15, 0.2) is 18.2 Å². The second-order valence-electron chi connectivity index (χ2n) is 5.24. The molecular weight excluding hydrogens is 245 g/mol. The van der Waals surface area contributed by atoms with E-state index in [2.05, 4.69) is 0 Å². The van der Waals surface area contributed by atoms with Gasteiger partial charge in [0.25, 0.3) is 0 Å². The zero-order valence-electron chi connectivity index (χ0n) is 11.3. The van der Waals surface area contributed by atoms with E-state index in [0.29, 0.717) is 23.8 Å². The van der Waals surface area contributed by atoms with E-state index in [1.54, 1.807) is 19.1 Å². The third-order valence-electron chi connectivity index (χ3n) is 3.87. The van der Waals surface area contributed by atoms with Gasteiger partial charge in [0.1, 0.15) is 5.82 Å². The summed E-state index contributed by atoms with van der Waals surface area (Å²) in [6.07, 6.45) is 3.77. The zero-order valence-corrected chi connectivity index (χ0v) is 11.3. The summed E-state index contributed by atoms with van der Waals surface area (Å²) < 4.78 is 14.2. The number of hydrogen-bond acceptors (Lipinski definition) is 3. The van der Waals surface area contributed by atoms with Gasteiger partial charge in [0.05, 0.1) is 18.4 Å². The molecule has 0 amide bonds. The van der Waals surface area contributed by atoms with Gasteiger partial charge in [0, 0.05) is 12.6 Å². The Bertz CT molecular complexity index is 417. The Balaban J connectivity index is 2.25. The molecule has 3 nitrogen and oxygen atoms in total. The predicted octanol–water partition coefficient (Wildman–Crippen LogP) is 2.62. The average Bonchev–Trinajstić information content (AvgIpc) is 2.90. The minimum absolute atomic E-state index is 0.0219.